The molecule has 0 aliphatic carbocycles. The average Bonchev–Trinajstić information content (AvgIpc) is 3.02. The first kappa shape index (κ1) is 20.3. The van der Waals surface area contributed by atoms with Gasteiger partial charge in [0.25, 0.3) is 0 Å². The van der Waals surface area contributed by atoms with Crippen LogP contribution in [-0.2, 0) is 4.79 Å². The van der Waals surface area contributed by atoms with Crippen molar-refractivity contribution in [2.45, 2.75) is 38.5 Å². The fraction of sp³-hybridized carbons (Fsp3) is 0.286. The SMILES string of the molecule is Cc1ccc2nc(-c3cccc(NC(=S)NC(=O)CCC(C)(C)Cl)c3)oc2c1. The quantitative estimate of drug-likeness (QED) is 0.430. The minimum atomic E-state index is -0.418. The van der Waals surface area contributed by atoms with E-state index in [9.17, 15) is 4.79 Å². The molecule has 3 rings (SSSR count). The van der Waals surface area contributed by atoms with Gasteiger partial charge in [0.2, 0.25) is 11.8 Å². The molecule has 1 amide bonds. The Morgan fingerprint density at radius 3 is 2.79 bits per heavy atom. The van der Waals surface area contributed by atoms with Crippen LogP contribution in [0.1, 0.15) is 32.3 Å². The third kappa shape index (κ3) is 5.53. The Kier molecular flexibility index (Phi) is 6.01. The van der Waals surface area contributed by atoms with Crippen LogP contribution in [0, 0.1) is 6.92 Å². The Labute approximate surface area is 174 Å². The highest BCUT2D eigenvalue weighted by Gasteiger charge is 2.16. The van der Waals surface area contributed by atoms with E-state index >= 15 is 0 Å². The normalized spacial score (nSPS) is 11.4. The van der Waals surface area contributed by atoms with Crippen LogP contribution >= 0.6 is 23.8 Å². The summed E-state index contributed by atoms with van der Waals surface area (Å²) in [6, 6.07) is 13.4. The fourth-order valence-corrected chi connectivity index (χ4v) is 2.97. The Morgan fingerprint density at radius 1 is 1.25 bits per heavy atom. The van der Waals surface area contributed by atoms with E-state index in [2.05, 4.69) is 15.6 Å². The molecule has 7 heteroatoms. The van der Waals surface area contributed by atoms with Crippen LogP contribution in [-0.4, -0.2) is 20.9 Å². The lowest BCUT2D eigenvalue weighted by Gasteiger charge is -2.15. The van der Waals surface area contributed by atoms with E-state index in [-0.39, 0.29) is 11.0 Å². The molecule has 0 aliphatic rings. The first-order valence-corrected chi connectivity index (χ1v) is 9.76. The Balaban J connectivity index is 1.67. The number of hydrogen-bond acceptors (Lipinski definition) is 4. The number of amides is 1. The summed E-state index contributed by atoms with van der Waals surface area (Å²) in [5, 5.41) is 5.93. The topological polar surface area (TPSA) is 67.2 Å². The van der Waals surface area contributed by atoms with E-state index in [0.29, 0.717) is 18.7 Å². The van der Waals surface area contributed by atoms with Gasteiger partial charge in [-0.05, 0) is 75.3 Å². The molecule has 1 heterocycles. The predicted molar refractivity (Wildman–Crippen MR) is 118 cm³/mol. The van der Waals surface area contributed by atoms with Gasteiger partial charge in [-0.3, -0.25) is 4.79 Å². The van der Waals surface area contributed by atoms with Gasteiger partial charge in [0.1, 0.15) is 5.52 Å². The zero-order valence-electron chi connectivity index (χ0n) is 16.0. The van der Waals surface area contributed by atoms with Gasteiger partial charge in [0.15, 0.2) is 10.7 Å². The van der Waals surface area contributed by atoms with Crippen molar-refractivity contribution in [2.75, 3.05) is 5.32 Å². The van der Waals surface area contributed by atoms with E-state index in [1.165, 1.54) is 0 Å². The summed E-state index contributed by atoms with van der Waals surface area (Å²) >= 11 is 11.3. The number of anilines is 1. The molecule has 1 aromatic heterocycles. The number of nitrogens with one attached hydrogen (secondary N) is 2. The fourth-order valence-electron chi connectivity index (χ4n) is 2.65. The van der Waals surface area contributed by atoms with Crippen molar-refractivity contribution in [1.82, 2.24) is 10.3 Å². The van der Waals surface area contributed by atoms with E-state index < -0.39 is 4.87 Å². The average molecular weight is 416 g/mol. The molecule has 2 aromatic carbocycles. The molecule has 0 radical (unpaired) electrons. The van der Waals surface area contributed by atoms with Crippen LogP contribution < -0.4 is 10.6 Å². The van der Waals surface area contributed by atoms with Crippen molar-refractivity contribution >= 4 is 51.6 Å². The van der Waals surface area contributed by atoms with E-state index in [1.807, 2.05) is 63.2 Å². The van der Waals surface area contributed by atoms with E-state index in [4.69, 9.17) is 28.2 Å². The molecule has 2 N–H and O–H groups in total. The molecule has 3 aromatic rings. The summed E-state index contributed by atoms with van der Waals surface area (Å²) < 4.78 is 5.87. The third-order valence-electron chi connectivity index (χ3n) is 4.11. The number of aromatic nitrogens is 1. The minimum Gasteiger partial charge on any atom is -0.436 e. The molecular formula is C21H22ClN3O2S. The lowest BCUT2D eigenvalue weighted by atomic mass is 10.1. The largest absolute Gasteiger partial charge is 0.436 e. The summed E-state index contributed by atoms with van der Waals surface area (Å²) in [5.74, 6) is 0.361. The smallest absolute Gasteiger partial charge is 0.227 e. The summed E-state index contributed by atoms with van der Waals surface area (Å²) in [6.45, 7) is 5.75. The third-order valence-corrected chi connectivity index (χ3v) is 4.50. The maximum absolute atomic E-state index is 12.0. The molecule has 0 bridgehead atoms. The maximum Gasteiger partial charge on any atom is 0.227 e. The number of rotatable bonds is 5. The molecule has 146 valence electrons. The molecule has 0 saturated heterocycles. The predicted octanol–water partition coefficient (Wildman–Crippen LogP) is 5.41. The molecular weight excluding hydrogens is 394 g/mol. The van der Waals surface area contributed by atoms with Crippen molar-refractivity contribution in [1.29, 1.82) is 0 Å². The maximum atomic E-state index is 12.0. The van der Waals surface area contributed by atoms with Crippen LogP contribution in [0.4, 0.5) is 5.69 Å². The van der Waals surface area contributed by atoms with Gasteiger partial charge in [-0.1, -0.05) is 12.1 Å². The first-order valence-electron chi connectivity index (χ1n) is 8.97. The number of halogens is 1. The van der Waals surface area contributed by atoms with Crippen LogP contribution in [0.2, 0.25) is 0 Å². The van der Waals surface area contributed by atoms with Gasteiger partial charge in [-0.25, -0.2) is 4.98 Å². The van der Waals surface area contributed by atoms with E-state index in [1.54, 1.807) is 0 Å². The minimum absolute atomic E-state index is 0.170. The number of fused-ring (bicyclic) bond motifs is 1. The lowest BCUT2D eigenvalue weighted by Crippen LogP contribution is -2.34. The molecule has 0 aliphatic heterocycles. The van der Waals surface area contributed by atoms with Gasteiger partial charge in [0, 0.05) is 22.5 Å². The molecule has 0 fully saturated rings. The number of hydrogen-bond donors (Lipinski definition) is 2. The monoisotopic (exact) mass is 415 g/mol. The Bertz CT molecular complexity index is 1020. The molecule has 28 heavy (non-hydrogen) atoms. The first-order chi connectivity index (χ1) is 13.2. The van der Waals surface area contributed by atoms with Gasteiger partial charge in [-0.2, -0.15) is 0 Å². The zero-order valence-corrected chi connectivity index (χ0v) is 17.6. The van der Waals surface area contributed by atoms with Gasteiger partial charge >= 0.3 is 0 Å². The second kappa shape index (κ2) is 8.29. The van der Waals surface area contributed by atoms with Crippen LogP contribution in [0.3, 0.4) is 0 Å². The highest BCUT2D eigenvalue weighted by atomic mass is 35.5. The van der Waals surface area contributed by atoms with Gasteiger partial charge in [0.05, 0.1) is 0 Å². The Morgan fingerprint density at radius 2 is 2.04 bits per heavy atom. The number of thiocarbonyl (C=S) groups is 1. The summed E-state index contributed by atoms with van der Waals surface area (Å²) in [6.07, 6.45) is 0.871. The van der Waals surface area contributed by atoms with Gasteiger partial charge < -0.3 is 15.1 Å². The number of aryl methyl sites for hydroxylation is 1. The highest BCUT2D eigenvalue weighted by molar-refractivity contribution is 7.80. The summed E-state index contributed by atoms with van der Waals surface area (Å²) in [4.78, 5) is 16.1. The van der Waals surface area contributed by atoms with Crippen LogP contribution in [0.15, 0.2) is 46.9 Å². The van der Waals surface area contributed by atoms with Crippen molar-refractivity contribution in [3.63, 3.8) is 0 Å². The number of carbonyl (C=O) groups excluding carboxylic acids is 1. The second-order valence-corrected chi connectivity index (χ2v) is 8.72. The number of benzene rings is 2. The van der Waals surface area contributed by atoms with E-state index in [0.717, 1.165) is 27.9 Å². The molecule has 5 nitrogen and oxygen atoms in total. The van der Waals surface area contributed by atoms with Crippen molar-refractivity contribution < 1.29 is 9.21 Å². The van der Waals surface area contributed by atoms with Gasteiger partial charge in [-0.15, -0.1) is 11.6 Å². The number of nitrogens with zero attached hydrogens (tertiary/aromatic N) is 1. The van der Waals surface area contributed by atoms with Crippen LogP contribution in [0.5, 0.6) is 0 Å². The number of alkyl halides is 1. The molecule has 0 unspecified atom stereocenters. The van der Waals surface area contributed by atoms with Crippen molar-refractivity contribution in [3.05, 3.63) is 48.0 Å². The second-order valence-electron chi connectivity index (χ2n) is 7.29. The lowest BCUT2D eigenvalue weighted by molar-refractivity contribution is -0.119. The number of carbonyl (C=O) groups is 1. The molecule has 0 atom stereocenters. The summed E-state index contributed by atoms with van der Waals surface area (Å²) in [5.41, 5.74) is 4.22. The highest BCUT2D eigenvalue weighted by Crippen LogP contribution is 2.26. The molecule has 0 saturated carbocycles. The zero-order chi connectivity index (χ0) is 20.3. The standard InChI is InChI=1S/C21H22ClN3O2S/c1-13-7-8-16-17(11-13)27-19(24-16)14-5-4-6-15(12-14)23-20(28)25-18(26)9-10-21(2,3)22/h4-8,11-12H,9-10H2,1-3H3,(H2,23,25,26,28). The summed E-state index contributed by atoms with van der Waals surface area (Å²) in [7, 11) is 0. The van der Waals surface area contributed by atoms with Crippen LogP contribution in [0.25, 0.3) is 22.6 Å². The molecule has 0 spiro atoms. The number of oxazole rings is 1. The Hall–Kier alpha value is -2.44. The van der Waals surface area contributed by atoms with Crippen molar-refractivity contribution in [2.24, 2.45) is 0 Å². The van der Waals surface area contributed by atoms with Crippen molar-refractivity contribution in [3.8, 4) is 11.5 Å².